The molecule has 0 bridgehead atoms. The Morgan fingerprint density at radius 1 is 1.18 bits per heavy atom. The third-order valence-electron chi connectivity index (χ3n) is 5.50. The number of benzene rings is 2. The maximum Gasteiger partial charge on any atom is 0.228 e. The highest BCUT2D eigenvalue weighted by atomic mass is 35.5. The van der Waals surface area contributed by atoms with E-state index >= 15 is 0 Å². The molecule has 3 rings (SSSR count). The van der Waals surface area contributed by atoms with E-state index in [0.29, 0.717) is 32.6 Å². The van der Waals surface area contributed by atoms with Gasteiger partial charge in [0, 0.05) is 25.3 Å². The lowest BCUT2D eigenvalue weighted by Crippen LogP contribution is -2.49. The van der Waals surface area contributed by atoms with E-state index in [0.717, 1.165) is 22.4 Å². The smallest absolute Gasteiger partial charge is 0.228 e. The van der Waals surface area contributed by atoms with Crippen LogP contribution < -0.4 is 15.8 Å². The summed E-state index contributed by atoms with van der Waals surface area (Å²) in [4.78, 5) is 12.8. The largest absolute Gasteiger partial charge is 0.496 e. The first-order chi connectivity index (χ1) is 13.1. The Morgan fingerprint density at radius 2 is 1.82 bits per heavy atom. The van der Waals surface area contributed by atoms with Gasteiger partial charge in [-0.3, -0.25) is 4.79 Å². The molecule has 0 saturated carbocycles. The molecular formula is C22H29ClN2O3. The zero-order valence-corrected chi connectivity index (χ0v) is 17.3. The summed E-state index contributed by atoms with van der Waals surface area (Å²) < 4.78 is 10.8. The minimum Gasteiger partial charge on any atom is -0.496 e. The highest BCUT2D eigenvalue weighted by Gasteiger charge is 2.39. The summed E-state index contributed by atoms with van der Waals surface area (Å²) >= 11 is 0. The van der Waals surface area contributed by atoms with Crippen LogP contribution in [-0.2, 0) is 9.53 Å². The minimum atomic E-state index is -0.510. The van der Waals surface area contributed by atoms with Gasteiger partial charge in [0.05, 0.1) is 18.6 Å². The quantitative estimate of drug-likeness (QED) is 0.769. The van der Waals surface area contributed by atoms with Gasteiger partial charge < -0.3 is 20.5 Å². The Bertz CT molecular complexity index is 774. The number of hydrogen-bond acceptors (Lipinski definition) is 4. The Labute approximate surface area is 173 Å². The molecule has 1 aliphatic heterocycles. The molecule has 0 spiro atoms. The molecule has 0 aromatic heterocycles. The van der Waals surface area contributed by atoms with Gasteiger partial charge in [-0.15, -0.1) is 12.4 Å². The number of methoxy groups -OCH3 is 1. The van der Waals surface area contributed by atoms with E-state index in [1.54, 1.807) is 7.11 Å². The van der Waals surface area contributed by atoms with E-state index in [4.69, 9.17) is 15.2 Å². The third-order valence-corrected chi connectivity index (χ3v) is 5.50. The fourth-order valence-corrected chi connectivity index (χ4v) is 3.55. The molecule has 1 saturated heterocycles. The number of amides is 1. The van der Waals surface area contributed by atoms with Gasteiger partial charge in [0.2, 0.25) is 5.91 Å². The number of hydrogen-bond donors (Lipinski definition) is 2. The van der Waals surface area contributed by atoms with Crippen LogP contribution in [-0.4, -0.2) is 32.8 Å². The van der Waals surface area contributed by atoms with Crippen molar-refractivity contribution < 1.29 is 14.3 Å². The average molecular weight is 405 g/mol. The predicted molar refractivity (Wildman–Crippen MR) is 114 cm³/mol. The summed E-state index contributed by atoms with van der Waals surface area (Å²) in [6, 6.07) is 16.1. The monoisotopic (exact) mass is 404 g/mol. The summed E-state index contributed by atoms with van der Waals surface area (Å²) in [6.07, 6.45) is 1.35. The minimum absolute atomic E-state index is 0. The van der Waals surface area contributed by atoms with E-state index in [1.165, 1.54) is 0 Å². The Balaban J connectivity index is 0.00000280. The molecule has 1 aliphatic rings. The van der Waals surface area contributed by atoms with Crippen molar-refractivity contribution in [1.82, 2.24) is 5.32 Å². The van der Waals surface area contributed by atoms with Gasteiger partial charge >= 0.3 is 0 Å². The molecule has 1 fully saturated rings. The van der Waals surface area contributed by atoms with Crippen LogP contribution in [0.25, 0.3) is 11.1 Å². The van der Waals surface area contributed by atoms with Crippen molar-refractivity contribution in [2.45, 2.75) is 25.8 Å². The normalized spacial score (nSPS) is 16.5. The Hall–Kier alpha value is -2.08. The average Bonchev–Trinajstić information content (AvgIpc) is 2.74. The predicted octanol–water partition coefficient (Wildman–Crippen LogP) is 3.72. The van der Waals surface area contributed by atoms with Crippen molar-refractivity contribution in [2.24, 2.45) is 11.1 Å². The van der Waals surface area contributed by atoms with Crippen LogP contribution in [0.4, 0.5) is 0 Å². The van der Waals surface area contributed by atoms with Gasteiger partial charge in [0.15, 0.2) is 0 Å². The van der Waals surface area contributed by atoms with Gasteiger partial charge in [0.1, 0.15) is 5.75 Å². The van der Waals surface area contributed by atoms with Crippen molar-refractivity contribution in [3.05, 3.63) is 54.1 Å². The van der Waals surface area contributed by atoms with Gasteiger partial charge in [0.25, 0.3) is 0 Å². The maximum absolute atomic E-state index is 12.8. The zero-order valence-electron chi connectivity index (χ0n) is 16.4. The lowest BCUT2D eigenvalue weighted by molar-refractivity contribution is -0.136. The first-order valence-corrected chi connectivity index (χ1v) is 9.42. The molecule has 3 N–H and O–H groups in total. The third kappa shape index (κ3) is 4.66. The van der Waals surface area contributed by atoms with Crippen molar-refractivity contribution in [3.8, 4) is 16.9 Å². The molecule has 6 heteroatoms. The topological polar surface area (TPSA) is 73.6 Å². The zero-order chi connectivity index (χ0) is 19.3. The fraction of sp³-hybridized carbons (Fsp3) is 0.409. The number of halogens is 1. The molecule has 152 valence electrons. The highest BCUT2D eigenvalue weighted by molar-refractivity contribution is 5.85. The van der Waals surface area contributed by atoms with Crippen LogP contribution in [0.3, 0.4) is 0 Å². The van der Waals surface area contributed by atoms with E-state index in [2.05, 4.69) is 17.4 Å². The van der Waals surface area contributed by atoms with Gasteiger partial charge in [-0.25, -0.2) is 0 Å². The molecule has 2 aromatic rings. The molecule has 1 unspecified atom stereocenters. The van der Waals surface area contributed by atoms with Crippen LogP contribution >= 0.6 is 12.4 Å². The number of ether oxygens (including phenoxy) is 2. The molecule has 28 heavy (non-hydrogen) atoms. The van der Waals surface area contributed by atoms with Crippen molar-refractivity contribution in [2.75, 3.05) is 26.9 Å². The molecule has 1 amide bonds. The molecular weight excluding hydrogens is 376 g/mol. The number of rotatable bonds is 6. The molecule has 1 heterocycles. The van der Waals surface area contributed by atoms with Crippen LogP contribution in [0.2, 0.25) is 0 Å². The first kappa shape index (κ1) is 22.2. The SMILES string of the molecule is COc1ccccc1-c1ccc(C(C)NC(=O)C2(CN)CCOCC2)cc1.Cl. The maximum atomic E-state index is 12.8. The second kappa shape index (κ2) is 9.92. The summed E-state index contributed by atoms with van der Waals surface area (Å²) in [5.74, 6) is 0.866. The Kier molecular flexibility index (Phi) is 7.87. The highest BCUT2D eigenvalue weighted by Crippen LogP contribution is 2.32. The van der Waals surface area contributed by atoms with Crippen LogP contribution in [0.5, 0.6) is 5.75 Å². The standard InChI is InChI=1S/C22H28N2O3.ClH/c1-16(24-21(25)22(15-23)11-13-27-14-12-22)17-7-9-18(10-8-17)19-5-3-4-6-20(19)26-2;/h3-10,16H,11-15,23H2,1-2H3,(H,24,25);1H. The number of nitrogens with one attached hydrogen (secondary N) is 1. The van der Waals surface area contributed by atoms with Crippen LogP contribution in [0.1, 0.15) is 31.4 Å². The fourth-order valence-electron chi connectivity index (χ4n) is 3.55. The summed E-state index contributed by atoms with van der Waals surface area (Å²) in [5.41, 5.74) is 8.61. The number of nitrogens with two attached hydrogens (primary N) is 1. The first-order valence-electron chi connectivity index (χ1n) is 9.42. The second-order valence-electron chi connectivity index (χ2n) is 7.11. The van der Waals surface area contributed by atoms with Gasteiger partial charge in [-0.05, 0) is 37.0 Å². The molecule has 5 nitrogen and oxygen atoms in total. The molecule has 2 aromatic carbocycles. The van der Waals surface area contributed by atoms with Gasteiger partial charge in [-0.2, -0.15) is 0 Å². The lowest BCUT2D eigenvalue weighted by atomic mass is 9.79. The van der Waals surface area contributed by atoms with Crippen molar-refractivity contribution >= 4 is 18.3 Å². The van der Waals surface area contributed by atoms with Gasteiger partial charge in [-0.1, -0.05) is 42.5 Å². The van der Waals surface area contributed by atoms with E-state index in [9.17, 15) is 4.79 Å². The Morgan fingerprint density at radius 3 is 2.43 bits per heavy atom. The molecule has 0 radical (unpaired) electrons. The lowest BCUT2D eigenvalue weighted by Gasteiger charge is -2.35. The number of carbonyl (C=O) groups is 1. The van der Waals surface area contributed by atoms with E-state index in [1.807, 2.05) is 43.3 Å². The second-order valence-corrected chi connectivity index (χ2v) is 7.11. The summed E-state index contributed by atoms with van der Waals surface area (Å²) in [7, 11) is 1.67. The molecule has 0 aliphatic carbocycles. The van der Waals surface area contributed by atoms with Crippen LogP contribution in [0, 0.1) is 5.41 Å². The number of para-hydroxylation sites is 1. The summed E-state index contributed by atoms with van der Waals surface area (Å²) in [6.45, 7) is 3.53. The van der Waals surface area contributed by atoms with E-state index in [-0.39, 0.29) is 24.4 Å². The number of carbonyl (C=O) groups excluding carboxylic acids is 1. The van der Waals surface area contributed by atoms with Crippen molar-refractivity contribution in [3.63, 3.8) is 0 Å². The summed E-state index contributed by atoms with van der Waals surface area (Å²) in [5, 5.41) is 3.14. The van der Waals surface area contributed by atoms with Crippen LogP contribution in [0.15, 0.2) is 48.5 Å². The molecule has 1 atom stereocenters. The van der Waals surface area contributed by atoms with E-state index < -0.39 is 5.41 Å². The van der Waals surface area contributed by atoms with Crippen molar-refractivity contribution in [1.29, 1.82) is 0 Å².